The van der Waals surface area contributed by atoms with Crippen LogP contribution in [-0.4, -0.2) is 58.2 Å². The highest BCUT2D eigenvalue weighted by Gasteiger charge is 2.32. The van der Waals surface area contributed by atoms with E-state index in [-0.39, 0.29) is 47.9 Å². The second-order valence-corrected chi connectivity index (χ2v) is 11.4. The molecule has 0 saturated carbocycles. The molecule has 0 unspecified atom stereocenters. The molecule has 0 spiro atoms. The fourth-order valence-electron chi connectivity index (χ4n) is 3.00. The molecule has 1 fully saturated rings. The van der Waals surface area contributed by atoms with Crippen LogP contribution in [0, 0.1) is 19.8 Å². The summed E-state index contributed by atoms with van der Waals surface area (Å²) in [4.78, 5) is 12.5. The lowest BCUT2D eigenvalue weighted by Crippen LogP contribution is -2.43. The van der Waals surface area contributed by atoms with Crippen LogP contribution >= 0.6 is 0 Å². The number of nitrogens with zero attached hydrogens (tertiary/aromatic N) is 1. The van der Waals surface area contributed by atoms with Crippen molar-refractivity contribution in [3.05, 3.63) is 29.3 Å². The van der Waals surface area contributed by atoms with Crippen LogP contribution in [0.4, 0.5) is 0 Å². The molecule has 152 valence electrons. The summed E-state index contributed by atoms with van der Waals surface area (Å²) in [5, 5.41) is 2.66. The number of carbonyl (C=O) groups is 1. The zero-order valence-electron chi connectivity index (χ0n) is 16.1. The van der Waals surface area contributed by atoms with E-state index in [0.29, 0.717) is 12.8 Å². The summed E-state index contributed by atoms with van der Waals surface area (Å²) in [6.45, 7) is 6.03. The third kappa shape index (κ3) is 5.52. The van der Waals surface area contributed by atoms with Gasteiger partial charge in [0.2, 0.25) is 15.9 Å². The first-order chi connectivity index (χ1) is 12.6. The van der Waals surface area contributed by atoms with Crippen molar-refractivity contribution in [2.45, 2.75) is 38.5 Å². The number of piperidine rings is 1. The normalized spacial score (nSPS) is 17.0. The van der Waals surface area contributed by atoms with Gasteiger partial charge in [-0.1, -0.05) is 13.0 Å². The molecule has 1 saturated heterocycles. The van der Waals surface area contributed by atoms with Crippen molar-refractivity contribution < 1.29 is 21.6 Å². The fourth-order valence-corrected chi connectivity index (χ4v) is 5.26. The molecule has 0 aliphatic carbocycles. The highest BCUT2D eigenvalue weighted by atomic mass is 32.2. The van der Waals surface area contributed by atoms with Crippen LogP contribution in [0.2, 0.25) is 0 Å². The van der Waals surface area contributed by atoms with E-state index in [1.54, 1.807) is 25.1 Å². The van der Waals surface area contributed by atoms with Gasteiger partial charge in [-0.05, 0) is 49.9 Å². The second-order valence-electron chi connectivity index (χ2n) is 6.95. The van der Waals surface area contributed by atoms with Crippen molar-refractivity contribution in [3.8, 4) is 0 Å². The van der Waals surface area contributed by atoms with Gasteiger partial charge >= 0.3 is 0 Å². The number of amides is 1. The van der Waals surface area contributed by atoms with Gasteiger partial charge in [0.05, 0.1) is 10.6 Å². The second kappa shape index (κ2) is 8.70. The van der Waals surface area contributed by atoms with Crippen molar-refractivity contribution in [1.29, 1.82) is 0 Å². The Kier molecular flexibility index (Phi) is 7.04. The van der Waals surface area contributed by atoms with Gasteiger partial charge in [-0.2, -0.15) is 4.31 Å². The van der Waals surface area contributed by atoms with Gasteiger partial charge in [0, 0.05) is 31.3 Å². The molecule has 0 aromatic heterocycles. The van der Waals surface area contributed by atoms with Gasteiger partial charge in [0.15, 0.2) is 9.84 Å². The zero-order valence-corrected chi connectivity index (χ0v) is 17.7. The number of aryl methyl sites for hydroxylation is 2. The molecule has 1 aliphatic heterocycles. The Morgan fingerprint density at radius 3 is 2.30 bits per heavy atom. The van der Waals surface area contributed by atoms with Crippen molar-refractivity contribution in [1.82, 2.24) is 9.62 Å². The van der Waals surface area contributed by atoms with E-state index < -0.39 is 19.9 Å². The van der Waals surface area contributed by atoms with Crippen LogP contribution in [0.25, 0.3) is 0 Å². The number of sulfonamides is 1. The van der Waals surface area contributed by atoms with Crippen molar-refractivity contribution in [2.75, 3.05) is 31.1 Å². The maximum atomic E-state index is 12.8. The van der Waals surface area contributed by atoms with E-state index in [0.717, 1.165) is 11.1 Å². The Bertz CT molecular complexity index is 886. The molecule has 0 radical (unpaired) electrons. The molecule has 1 N–H and O–H groups in total. The molecular formula is C18H28N2O5S2. The van der Waals surface area contributed by atoms with E-state index in [1.165, 1.54) is 4.31 Å². The van der Waals surface area contributed by atoms with E-state index in [4.69, 9.17) is 0 Å². The average molecular weight is 417 g/mol. The number of carbonyl (C=O) groups excluding carboxylic acids is 1. The quantitative estimate of drug-likeness (QED) is 0.721. The maximum absolute atomic E-state index is 12.8. The number of sulfone groups is 1. The van der Waals surface area contributed by atoms with Crippen molar-refractivity contribution in [2.24, 2.45) is 5.92 Å². The third-order valence-corrected chi connectivity index (χ3v) is 8.69. The maximum Gasteiger partial charge on any atom is 0.243 e. The summed E-state index contributed by atoms with van der Waals surface area (Å²) in [6, 6.07) is 5.09. The molecule has 2 rings (SSSR count). The molecule has 27 heavy (non-hydrogen) atoms. The number of nitrogens with one attached hydrogen (secondary N) is 1. The minimum atomic E-state index is -3.57. The summed E-state index contributed by atoms with van der Waals surface area (Å²) in [6.07, 6.45) is 0.854. The molecule has 0 bridgehead atoms. The standard InChI is InChI=1S/C18H28N2O5S2/c1-4-26(22,23)12-9-19-18(21)16-7-10-20(11-8-16)27(24,25)17-6-5-14(2)15(3)13-17/h5-6,13,16H,4,7-12H2,1-3H3,(H,19,21). The number of rotatable bonds is 7. The Balaban J connectivity index is 1.92. The predicted octanol–water partition coefficient (Wildman–Crippen LogP) is 1.26. The van der Waals surface area contributed by atoms with Crippen LogP contribution in [-0.2, 0) is 24.7 Å². The lowest BCUT2D eigenvalue weighted by molar-refractivity contribution is -0.125. The van der Waals surface area contributed by atoms with Crippen LogP contribution in [0.3, 0.4) is 0 Å². The number of benzene rings is 1. The smallest absolute Gasteiger partial charge is 0.243 e. The minimum absolute atomic E-state index is 0.0532. The Labute approximate surface area is 162 Å². The Morgan fingerprint density at radius 1 is 1.11 bits per heavy atom. The van der Waals surface area contributed by atoms with Gasteiger partial charge in [-0.25, -0.2) is 16.8 Å². The largest absolute Gasteiger partial charge is 0.355 e. The summed E-state index contributed by atoms with van der Waals surface area (Å²) in [5.74, 6) is -0.516. The third-order valence-electron chi connectivity index (χ3n) is 5.09. The molecule has 0 atom stereocenters. The molecular weight excluding hydrogens is 388 g/mol. The van der Waals surface area contributed by atoms with Gasteiger partial charge in [-0.15, -0.1) is 0 Å². The first-order valence-electron chi connectivity index (χ1n) is 9.12. The predicted molar refractivity (Wildman–Crippen MR) is 105 cm³/mol. The first kappa shape index (κ1) is 21.8. The summed E-state index contributed by atoms with van der Waals surface area (Å²) in [5.41, 5.74) is 1.96. The van der Waals surface area contributed by atoms with Crippen LogP contribution < -0.4 is 5.32 Å². The SMILES string of the molecule is CCS(=O)(=O)CCNC(=O)C1CCN(S(=O)(=O)c2ccc(C)c(C)c2)CC1. The summed E-state index contributed by atoms with van der Waals surface area (Å²) < 4.78 is 50.0. The molecule has 1 aromatic rings. The topological polar surface area (TPSA) is 101 Å². The molecule has 1 aromatic carbocycles. The molecule has 1 amide bonds. The monoisotopic (exact) mass is 416 g/mol. The van der Waals surface area contributed by atoms with E-state index in [1.807, 2.05) is 13.8 Å². The van der Waals surface area contributed by atoms with Gasteiger partial charge in [0.25, 0.3) is 0 Å². The zero-order chi connectivity index (χ0) is 20.2. The highest BCUT2D eigenvalue weighted by molar-refractivity contribution is 7.91. The average Bonchev–Trinajstić information content (AvgIpc) is 2.63. The number of hydrogen-bond acceptors (Lipinski definition) is 5. The van der Waals surface area contributed by atoms with E-state index in [9.17, 15) is 21.6 Å². The van der Waals surface area contributed by atoms with Crippen LogP contribution in [0.1, 0.15) is 30.9 Å². The summed E-state index contributed by atoms with van der Waals surface area (Å²) >= 11 is 0. The minimum Gasteiger partial charge on any atom is -0.355 e. The highest BCUT2D eigenvalue weighted by Crippen LogP contribution is 2.25. The molecule has 9 heteroatoms. The molecule has 1 heterocycles. The lowest BCUT2D eigenvalue weighted by Gasteiger charge is -2.30. The van der Waals surface area contributed by atoms with Crippen LogP contribution in [0.5, 0.6) is 0 Å². The van der Waals surface area contributed by atoms with Crippen molar-refractivity contribution in [3.63, 3.8) is 0 Å². The fraction of sp³-hybridized carbons (Fsp3) is 0.611. The van der Waals surface area contributed by atoms with Gasteiger partial charge in [0.1, 0.15) is 0 Å². The van der Waals surface area contributed by atoms with Gasteiger partial charge < -0.3 is 5.32 Å². The Morgan fingerprint density at radius 2 is 1.74 bits per heavy atom. The number of hydrogen-bond donors (Lipinski definition) is 1. The van der Waals surface area contributed by atoms with E-state index >= 15 is 0 Å². The Hall–Kier alpha value is -1.45. The van der Waals surface area contributed by atoms with Crippen LogP contribution in [0.15, 0.2) is 23.1 Å². The summed E-state index contributed by atoms with van der Waals surface area (Å²) in [7, 11) is -6.68. The van der Waals surface area contributed by atoms with E-state index in [2.05, 4.69) is 5.32 Å². The van der Waals surface area contributed by atoms with Gasteiger partial charge in [-0.3, -0.25) is 4.79 Å². The lowest BCUT2D eigenvalue weighted by atomic mass is 9.97. The molecule has 7 nitrogen and oxygen atoms in total. The molecule has 1 aliphatic rings. The van der Waals surface area contributed by atoms with Crippen molar-refractivity contribution >= 4 is 25.8 Å². The first-order valence-corrected chi connectivity index (χ1v) is 12.4.